The third-order valence-electron chi connectivity index (χ3n) is 8.24. The average molecular weight is 558 g/mol. The summed E-state index contributed by atoms with van der Waals surface area (Å²) in [6, 6.07) is 19.2. The van der Waals surface area contributed by atoms with Crippen LogP contribution in [0.2, 0.25) is 0 Å². The molecule has 0 spiro atoms. The van der Waals surface area contributed by atoms with Crippen LogP contribution in [-0.2, 0) is 22.4 Å². The quantitative estimate of drug-likeness (QED) is 0.377. The van der Waals surface area contributed by atoms with Crippen LogP contribution >= 0.6 is 0 Å². The van der Waals surface area contributed by atoms with Crippen LogP contribution in [0, 0.1) is 5.92 Å². The van der Waals surface area contributed by atoms with Crippen molar-refractivity contribution in [3.8, 4) is 11.5 Å². The van der Waals surface area contributed by atoms with E-state index in [0.717, 1.165) is 46.5 Å². The number of amides is 1. The molecule has 1 saturated heterocycles. The SMILES string of the molecule is CCc1cccc(CC)c1NC(=O)CN1C[C@H](c2ccc3c(c2)OCCO3)[C@@H](C(=O)O)[C@@H]1c1ccc(N(C)C)cc1. The van der Waals surface area contributed by atoms with Gasteiger partial charge in [-0.25, -0.2) is 0 Å². The highest BCUT2D eigenvalue weighted by Gasteiger charge is 2.48. The van der Waals surface area contributed by atoms with Gasteiger partial charge in [0.1, 0.15) is 13.2 Å². The second kappa shape index (κ2) is 12.2. The van der Waals surface area contributed by atoms with Crippen molar-refractivity contribution < 1.29 is 24.2 Å². The van der Waals surface area contributed by atoms with E-state index in [4.69, 9.17) is 9.47 Å². The van der Waals surface area contributed by atoms with Crippen LogP contribution in [0.4, 0.5) is 11.4 Å². The molecule has 1 fully saturated rings. The number of fused-ring (bicyclic) bond motifs is 1. The zero-order chi connectivity index (χ0) is 29.1. The number of nitrogens with zero attached hydrogens (tertiary/aromatic N) is 2. The van der Waals surface area contributed by atoms with E-state index in [1.807, 2.05) is 84.6 Å². The summed E-state index contributed by atoms with van der Waals surface area (Å²) in [5.74, 6) is -0.850. The molecule has 5 rings (SSSR count). The Labute approximate surface area is 241 Å². The van der Waals surface area contributed by atoms with Gasteiger partial charge in [-0.1, -0.05) is 50.2 Å². The number of carboxylic acids is 1. The van der Waals surface area contributed by atoms with Gasteiger partial charge in [0.2, 0.25) is 5.91 Å². The summed E-state index contributed by atoms with van der Waals surface area (Å²) in [7, 11) is 3.94. The summed E-state index contributed by atoms with van der Waals surface area (Å²) < 4.78 is 11.5. The summed E-state index contributed by atoms with van der Waals surface area (Å²) in [5.41, 5.74) is 5.81. The molecule has 1 amide bonds. The maximum atomic E-state index is 13.6. The third kappa shape index (κ3) is 5.88. The predicted molar refractivity (Wildman–Crippen MR) is 160 cm³/mol. The summed E-state index contributed by atoms with van der Waals surface area (Å²) in [5, 5.41) is 13.8. The fourth-order valence-corrected chi connectivity index (χ4v) is 6.15. The van der Waals surface area contributed by atoms with Crippen LogP contribution in [0.15, 0.2) is 60.7 Å². The van der Waals surface area contributed by atoms with Gasteiger partial charge < -0.3 is 24.8 Å². The lowest BCUT2D eigenvalue weighted by molar-refractivity contribution is -0.143. The Balaban J connectivity index is 1.50. The number of para-hydroxylation sites is 1. The Hall–Kier alpha value is -4.04. The minimum atomic E-state index is -0.890. The Morgan fingerprint density at radius 1 is 0.927 bits per heavy atom. The van der Waals surface area contributed by atoms with Crippen LogP contribution < -0.4 is 19.7 Å². The minimum absolute atomic E-state index is 0.0755. The number of nitrogens with one attached hydrogen (secondary N) is 1. The van der Waals surface area contributed by atoms with E-state index < -0.39 is 17.9 Å². The number of ether oxygens (including phenoxy) is 2. The number of likely N-dealkylation sites (tertiary alicyclic amines) is 1. The molecule has 0 saturated carbocycles. The zero-order valence-electron chi connectivity index (χ0n) is 24.2. The number of benzene rings is 3. The highest BCUT2D eigenvalue weighted by molar-refractivity contribution is 5.94. The number of carbonyl (C=O) groups excluding carboxylic acids is 1. The van der Waals surface area contributed by atoms with Gasteiger partial charge >= 0.3 is 5.97 Å². The van der Waals surface area contributed by atoms with Gasteiger partial charge in [0, 0.05) is 44.0 Å². The molecule has 2 aliphatic heterocycles. The van der Waals surface area contributed by atoms with Gasteiger partial charge in [-0.15, -0.1) is 0 Å². The van der Waals surface area contributed by atoms with Crippen molar-refractivity contribution in [2.75, 3.05) is 50.6 Å². The van der Waals surface area contributed by atoms with Crippen molar-refractivity contribution in [1.82, 2.24) is 4.90 Å². The van der Waals surface area contributed by atoms with Gasteiger partial charge in [0.15, 0.2) is 11.5 Å². The maximum absolute atomic E-state index is 13.6. The van der Waals surface area contributed by atoms with Gasteiger partial charge in [0.05, 0.1) is 12.5 Å². The molecule has 3 atom stereocenters. The van der Waals surface area contributed by atoms with E-state index in [0.29, 0.717) is 31.3 Å². The van der Waals surface area contributed by atoms with E-state index in [9.17, 15) is 14.7 Å². The summed E-state index contributed by atoms with van der Waals surface area (Å²) >= 11 is 0. The molecule has 41 heavy (non-hydrogen) atoms. The first-order valence-electron chi connectivity index (χ1n) is 14.3. The molecule has 0 radical (unpaired) electrons. The molecule has 8 nitrogen and oxygen atoms in total. The molecule has 2 aliphatic rings. The van der Waals surface area contributed by atoms with Gasteiger partial charge in [-0.05, 0) is 59.4 Å². The van der Waals surface area contributed by atoms with Crippen LogP contribution in [0.25, 0.3) is 0 Å². The molecular weight excluding hydrogens is 518 g/mol. The molecule has 2 heterocycles. The lowest BCUT2D eigenvalue weighted by Crippen LogP contribution is -2.35. The number of carboxylic acid groups (broad SMARTS) is 1. The highest BCUT2D eigenvalue weighted by Crippen LogP contribution is 2.47. The number of hydrogen-bond acceptors (Lipinski definition) is 6. The topological polar surface area (TPSA) is 91.3 Å². The van der Waals surface area contributed by atoms with Crippen molar-refractivity contribution in [2.45, 2.75) is 38.6 Å². The molecule has 2 N–H and O–H groups in total. The molecule has 0 unspecified atom stereocenters. The monoisotopic (exact) mass is 557 g/mol. The van der Waals surface area contributed by atoms with Gasteiger partial charge in [-0.3, -0.25) is 14.5 Å². The number of rotatable bonds is 9. The first-order chi connectivity index (χ1) is 19.8. The molecule has 8 heteroatoms. The van der Waals surface area contributed by atoms with Crippen molar-refractivity contribution >= 4 is 23.3 Å². The van der Waals surface area contributed by atoms with E-state index >= 15 is 0 Å². The Morgan fingerprint density at radius 2 is 1.56 bits per heavy atom. The van der Waals surface area contributed by atoms with Crippen molar-refractivity contribution in [2.24, 2.45) is 5.92 Å². The van der Waals surface area contributed by atoms with Crippen LogP contribution in [0.5, 0.6) is 11.5 Å². The van der Waals surface area contributed by atoms with Gasteiger partial charge in [0.25, 0.3) is 0 Å². The fraction of sp³-hybridized carbons (Fsp3) is 0.394. The summed E-state index contributed by atoms with van der Waals surface area (Å²) in [4.78, 5) is 30.5. The highest BCUT2D eigenvalue weighted by atomic mass is 16.6. The minimum Gasteiger partial charge on any atom is -0.486 e. The van der Waals surface area contributed by atoms with Crippen molar-refractivity contribution in [3.05, 3.63) is 82.9 Å². The smallest absolute Gasteiger partial charge is 0.309 e. The zero-order valence-corrected chi connectivity index (χ0v) is 24.2. The predicted octanol–water partition coefficient (Wildman–Crippen LogP) is 5.13. The number of aliphatic carboxylic acids is 1. The third-order valence-corrected chi connectivity index (χ3v) is 8.24. The van der Waals surface area contributed by atoms with E-state index in [1.54, 1.807) is 0 Å². The fourth-order valence-electron chi connectivity index (χ4n) is 6.15. The largest absolute Gasteiger partial charge is 0.486 e. The lowest BCUT2D eigenvalue weighted by atomic mass is 9.82. The molecule has 0 bridgehead atoms. The molecule has 0 aliphatic carbocycles. The van der Waals surface area contributed by atoms with Crippen molar-refractivity contribution in [3.63, 3.8) is 0 Å². The number of carbonyl (C=O) groups is 2. The van der Waals surface area contributed by atoms with E-state index in [1.165, 1.54) is 0 Å². The van der Waals surface area contributed by atoms with E-state index in [-0.39, 0.29) is 18.4 Å². The summed E-state index contributed by atoms with van der Waals surface area (Å²) in [6.07, 6.45) is 1.61. The first kappa shape index (κ1) is 28.5. The molecule has 216 valence electrons. The average Bonchev–Trinajstić information content (AvgIpc) is 3.36. The Kier molecular flexibility index (Phi) is 8.49. The van der Waals surface area contributed by atoms with Crippen LogP contribution in [0.1, 0.15) is 48.1 Å². The molecule has 0 aromatic heterocycles. The maximum Gasteiger partial charge on any atom is 0.309 e. The van der Waals surface area contributed by atoms with Gasteiger partial charge in [-0.2, -0.15) is 0 Å². The van der Waals surface area contributed by atoms with Crippen molar-refractivity contribution in [1.29, 1.82) is 0 Å². The molecular formula is C33H39N3O5. The normalized spacial score (nSPS) is 20.0. The second-order valence-corrected chi connectivity index (χ2v) is 10.9. The Morgan fingerprint density at radius 3 is 2.17 bits per heavy atom. The standard InChI is InChI=1S/C33H39N3O5/c1-5-21-8-7-9-22(6-2)31(21)34-29(37)20-36-19-26(24-12-15-27-28(18-24)41-17-16-40-27)30(33(38)39)32(36)23-10-13-25(14-11-23)35(3)4/h7-15,18,26,30,32H,5-6,16-17,19-20H2,1-4H3,(H,34,37)(H,38,39)/t26-,30-,32+/m1/s1. The number of aryl methyl sites for hydroxylation is 2. The van der Waals surface area contributed by atoms with E-state index in [2.05, 4.69) is 19.2 Å². The molecule has 3 aromatic rings. The lowest BCUT2D eigenvalue weighted by Gasteiger charge is -2.27. The number of hydrogen-bond donors (Lipinski definition) is 2. The van der Waals surface area contributed by atoms with Crippen LogP contribution in [-0.4, -0.2) is 62.3 Å². The second-order valence-electron chi connectivity index (χ2n) is 10.9. The number of anilines is 2. The Bertz CT molecular complexity index is 1380. The summed E-state index contributed by atoms with van der Waals surface area (Å²) in [6.45, 7) is 5.59. The van der Waals surface area contributed by atoms with Crippen LogP contribution in [0.3, 0.4) is 0 Å². The molecule has 3 aromatic carbocycles. The first-order valence-corrected chi connectivity index (χ1v) is 14.3.